The molecule has 29 heavy (non-hydrogen) atoms. The fraction of sp³-hybridized carbons (Fsp3) is 0.364. The molecule has 1 atom stereocenters. The first-order chi connectivity index (χ1) is 14.2. The van der Waals surface area contributed by atoms with Gasteiger partial charge in [-0.25, -0.2) is 0 Å². The Morgan fingerprint density at radius 2 is 1.62 bits per heavy atom. The summed E-state index contributed by atoms with van der Waals surface area (Å²) in [5.74, 6) is 1.06. The average Bonchev–Trinajstić information content (AvgIpc) is 2.96. The van der Waals surface area contributed by atoms with Gasteiger partial charge in [0, 0.05) is 25.0 Å². The van der Waals surface area contributed by atoms with Gasteiger partial charge in [-0.1, -0.05) is 24.3 Å². The number of hydrogen-bond donors (Lipinski definition) is 1. The molecule has 1 N–H and O–H groups in total. The largest absolute Gasteiger partial charge is 0.486 e. The second-order valence-electron chi connectivity index (χ2n) is 7.86. The lowest BCUT2D eigenvalue weighted by molar-refractivity contribution is -0.117. The normalized spacial score (nSPS) is 21.7. The average molecular weight is 394 g/mol. The van der Waals surface area contributed by atoms with Crippen LogP contribution in [0.5, 0.6) is 11.5 Å². The number of benzene rings is 2. The van der Waals surface area contributed by atoms with E-state index in [0.717, 1.165) is 11.5 Å². The fourth-order valence-corrected chi connectivity index (χ4v) is 4.02. The van der Waals surface area contributed by atoms with Crippen molar-refractivity contribution in [3.05, 3.63) is 59.7 Å². The number of carbonyl (C=O) groups excluding carboxylic acids is 2. The molecule has 150 valence electrons. The fourth-order valence-electron chi connectivity index (χ4n) is 4.02. The molecule has 0 bridgehead atoms. The predicted molar refractivity (Wildman–Crippen MR) is 104 cm³/mol. The number of hydrogen-bond acceptors (Lipinski definition) is 6. The van der Waals surface area contributed by atoms with Crippen LogP contribution in [0.25, 0.3) is 0 Å². The van der Waals surface area contributed by atoms with E-state index in [-0.39, 0.29) is 23.3 Å². The van der Waals surface area contributed by atoms with Crippen molar-refractivity contribution in [1.29, 1.82) is 0 Å². The monoisotopic (exact) mass is 394 g/mol. The lowest BCUT2D eigenvalue weighted by atomic mass is 9.85. The highest BCUT2D eigenvalue weighted by molar-refractivity contribution is 6.21. The Morgan fingerprint density at radius 3 is 2.28 bits per heavy atom. The molecule has 0 saturated carbocycles. The van der Waals surface area contributed by atoms with Crippen LogP contribution in [0.3, 0.4) is 0 Å². The van der Waals surface area contributed by atoms with E-state index in [9.17, 15) is 9.59 Å². The molecule has 3 heterocycles. The molecular weight excluding hydrogens is 372 g/mol. The standard InChI is InChI=1S/C22H22N2O5/c25-20-16-5-1-2-6-17(16)21(26)24(20)12-22(13-27-14-22)11-23-9-15-10-28-18-7-3-4-8-19(18)29-15/h1-8,15,23H,9-14H2. The SMILES string of the molecule is O=C1c2ccccc2C(=O)N1CC1(CNCC2COc3ccccc3O2)COC1. The summed E-state index contributed by atoms with van der Waals surface area (Å²) in [7, 11) is 0. The van der Waals surface area contributed by atoms with Gasteiger partial charge < -0.3 is 19.5 Å². The van der Waals surface area contributed by atoms with E-state index in [1.54, 1.807) is 24.3 Å². The van der Waals surface area contributed by atoms with Crippen LogP contribution in [0.4, 0.5) is 0 Å². The Hall–Kier alpha value is -2.90. The van der Waals surface area contributed by atoms with E-state index in [1.807, 2.05) is 24.3 Å². The van der Waals surface area contributed by atoms with Crippen molar-refractivity contribution in [2.24, 2.45) is 5.41 Å². The maximum absolute atomic E-state index is 12.7. The van der Waals surface area contributed by atoms with Crippen LogP contribution >= 0.6 is 0 Å². The minimum absolute atomic E-state index is 0.0951. The molecular formula is C22H22N2O5. The van der Waals surface area contributed by atoms with Gasteiger partial charge in [-0.3, -0.25) is 14.5 Å². The Morgan fingerprint density at radius 1 is 0.966 bits per heavy atom. The summed E-state index contributed by atoms with van der Waals surface area (Å²) in [6.45, 7) is 3.08. The quantitative estimate of drug-likeness (QED) is 0.752. The summed E-state index contributed by atoms with van der Waals surface area (Å²) >= 11 is 0. The minimum Gasteiger partial charge on any atom is -0.486 e. The van der Waals surface area contributed by atoms with E-state index >= 15 is 0 Å². The molecule has 2 aromatic rings. The number of fused-ring (bicyclic) bond motifs is 2. The van der Waals surface area contributed by atoms with Gasteiger partial charge in [-0.05, 0) is 24.3 Å². The molecule has 0 spiro atoms. The smallest absolute Gasteiger partial charge is 0.261 e. The van der Waals surface area contributed by atoms with Gasteiger partial charge in [-0.2, -0.15) is 0 Å². The topological polar surface area (TPSA) is 77.1 Å². The molecule has 3 aliphatic heterocycles. The van der Waals surface area contributed by atoms with Crippen LogP contribution in [0.1, 0.15) is 20.7 Å². The number of carbonyl (C=O) groups is 2. The zero-order valence-electron chi connectivity index (χ0n) is 15.9. The first-order valence-electron chi connectivity index (χ1n) is 9.77. The molecule has 0 aromatic heterocycles. The molecule has 7 nitrogen and oxygen atoms in total. The van der Waals surface area contributed by atoms with Crippen LogP contribution < -0.4 is 14.8 Å². The summed E-state index contributed by atoms with van der Waals surface area (Å²) in [5, 5.41) is 3.42. The van der Waals surface area contributed by atoms with Crippen LogP contribution in [-0.2, 0) is 4.74 Å². The lowest BCUT2D eigenvalue weighted by Crippen LogP contribution is -2.58. The second-order valence-corrected chi connectivity index (χ2v) is 7.86. The number of imide groups is 1. The highest BCUT2D eigenvalue weighted by atomic mass is 16.6. The number of amides is 2. The molecule has 5 rings (SSSR count). The summed E-state index contributed by atoms with van der Waals surface area (Å²) in [6.07, 6.45) is -0.0951. The third-order valence-corrected chi connectivity index (χ3v) is 5.63. The number of rotatable bonds is 6. The molecule has 3 aliphatic rings. The molecule has 0 aliphatic carbocycles. The second kappa shape index (κ2) is 7.17. The van der Waals surface area contributed by atoms with Crippen molar-refractivity contribution < 1.29 is 23.8 Å². The van der Waals surface area contributed by atoms with Crippen LogP contribution in [0, 0.1) is 5.41 Å². The van der Waals surface area contributed by atoms with Crippen molar-refractivity contribution in [2.45, 2.75) is 6.10 Å². The molecule has 1 saturated heterocycles. The highest BCUT2D eigenvalue weighted by Crippen LogP contribution is 2.33. The Kier molecular flexibility index (Phi) is 4.49. The summed E-state index contributed by atoms with van der Waals surface area (Å²) in [4.78, 5) is 26.7. The van der Waals surface area contributed by atoms with Crippen molar-refractivity contribution in [2.75, 3.05) is 39.5 Å². The minimum atomic E-state index is -0.277. The molecule has 2 aromatic carbocycles. The summed E-state index contributed by atoms with van der Waals surface area (Å²) in [6, 6.07) is 14.6. The Bertz CT molecular complexity index is 921. The van der Waals surface area contributed by atoms with Gasteiger partial charge in [0.05, 0.1) is 24.3 Å². The van der Waals surface area contributed by atoms with Gasteiger partial charge in [0.15, 0.2) is 11.5 Å². The van der Waals surface area contributed by atoms with E-state index in [4.69, 9.17) is 14.2 Å². The van der Waals surface area contributed by atoms with Gasteiger partial charge in [0.1, 0.15) is 12.7 Å². The first kappa shape index (κ1) is 18.1. The predicted octanol–water partition coefficient (Wildman–Crippen LogP) is 1.73. The van der Waals surface area contributed by atoms with Gasteiger partial charge in [0.25, 0.3) is 11.8 Å². The maximum Gasteiger partial charge on any atom is 0.261 e. The molecule has 2 amide bonds. The van der Waals surface area contributed by atoms with E-state index in [2.05, 4.69) is 5.32 Å². The zero-order chi connectivity index (χ0) is 19.8. The molecule has 1 unspecified atom stereocenters. The van der Waals surface area contributed by atoms with Gasteiger partial charge >= 0.3 is 0 Å². The maximum atomic E-state index is 12.7. The van der Waals surface area contributed by atoms with Gasteiger partial charge in [-0.15, -0.1) is 0 Å². The zero-order valence-corrected chi connectivity index (χ0v) is 15.9. The molecule has 0 radical (unpaired) electrons. The van der Waals surface area contributed by atoms with Crippen molar-refractivity contribution in [1.82, 2.24) is 10.2 Å². The number of para-hydroxylation sites is 2. The third-order valence-electron chi connectivity index (χ3n) is 5.63. The number of nitrogens with one attached hydrogen (secondary N) is 1. The lowest BCUT2D eigenvalue weighted by Gasteiger charge is -2.43. The highest BCUT2D eigenvalue weighted by Gasteiger charge is 2.45. The Balaban J connectivity index is 1.19. The van der Waals surface area contributed by atoms with Crippen LogP contribution in [0.15, 0.2) is 48.5 Å². The molecule has 1 fully saturated rings. The van der Waals surface area contributed by atoms with Crippen molar-refractivity contribution in [3.8, 4) is 11.5 Å². The van der Waals surface area contributed by atoms with E-state index in [1.165, 1.54) is 4.90 Å². The summed E-state index contributed by atoms with van der Waals surface area (Å²) < 4.78 is 17.2. The van der Waals surface area contributed by atoms with Crippen molar-refractivity contribution >= 4 is 11.8 Å². The number of ether oxygens (including phenoxy) is 3. The van der Waals surface area contributed by atoms with Crippen molar-refractivity contribution in [3.63, 3.8) is 0 Å². The van der Waals surface area contributed by atoms with E-state index in [0.29, 0.717) is 50.6 Å². The van der Waals surface area contributed by atoms with E-state index < -0.39 is 0 Å². The van der Waals surface area contributed by atoms with Gasteiger partial charge in [0.2, 0.25) is 0 Å². The summed E-state index contributed by atoms with van der Waals surface area (Å²) in [5.41, 5.74) is 0.681. The number of nitrogens with zero attached hydrogens (tertiary/aromatic N) is 1. The Labute approximate surface area is 168 Å². The third kappa shape index (κ3) is 3.26. The first-order valence-corrected chi connectivity index (χ1v) is 9.77. The molecule has 7 heteroatoms. The van der Waals surface area contributed by atoms with Crippen LogP contribution in [-0.4, -0.2) is 62.3 Å². The van der Waals surface area contributed by atoms with Crippen LogP contribution in [0.2, 0.25) is 0 Å².